The molecule has 31 heavy (non-hydrogen) atoms. The molecule has 2 aromatic carbocycles. The van der Waals surface area contributed by atoms with Crippen molar-refractivity contribution in [3.8, 4) is 5.75 Å². The van der Waals surface area contributed by atoms with Crippen molar-refractivity contribution in [2.75, 3.05) is 6.61 Å². The van der Waals surface area contributed by atoms with Gasteiger partial charge in [0.25, 0.3) is 5.91 Å². The molecule has 1 fully saturated rings. The van der Waals surface area contributed by atoms with E-state index in [2.05, 4.69) is 17.3 Å². The Bertz CT molecular complexity index is 1040. The molecule has 0 spiro atoms. The number of benzene rings is 2. The lowest BCUT2D eigenvalue weighted by molar-refractivity contribution is -0.141. The van der Waals surface area contributed by atoms with Crippen LogP contribution in [-0.2, 0) is 20.8 Å². The number of ether oxygens (including phenoxy) is 1. The third kappa shape index (κ3) is 3.87. The molecule has 7 nitrogen and oxygen atoms in total. The molecule has 2 heterocycles. The molecule has 0 aromatic heterocycles. The molecule has 4 rings (SSSR count). The van der Waals surface area contributed by atoms with E-state index in [9.17, 15) is 14.7 Å². The average Bonchev–Trinajstić information content (AvgIpc) is 3.25. The van der Waals surface area contributed by atoms with E-state index >= 15 is 0 Å². The van der Waals surface area contributed by atoms with E-state index in [4.69, 9.17) is 9.57 Å². The van der Waals surface area contributed by atoms with Crippen LogP contribution in [0.15, 0.2) is 41.6 Å². The molecule has 0 aliphatic carbocycles. The van der Waals surface area contributed by atoms with Crippen LogP contribution in [0.3, 0.4) is 0 Å². The normalized spacial score (nSPS) is 22.8. The molecule has 0 unspecified atom stereocenters. The number of phenols is 1. The van der Waals surface area contributed by atoms with E-state index < -0.39 is 24.1 Å². The lowest BCUT2D eigenvalue weighted by Gasteiger charge is -2.24. The lowest BCUT2D eigenvalue weighted by Crippen LogP contribution is -2.47. The van der Waals surface area contributed by atoms with Gasteiger partial charge in [-0.15, -0.1) is 0 Å². The Labute approximate surface area is 181 Å². The van der Waals surface area contributed by atoms with Gasteiger partial charge in [0.1, 0.15) is 12.4 Å². The molecule has 2 aliphatic heterocycles. The Morgan fingerprint density at radius 3 is 2.45 bits per heavy atom. The van der Waals surface area contributed by atoms with E-state index in [0.29, 0.717) is 6.42 Å². The highest BCUT2D eigenvalue weighted by Crippen LogP contribution is 2.30. The molecule has 2 aliphatic rings. The Kier molecular flexibility index (Phi) is 5.43. The van der Waals surface area contributed by atoms with Crippen LogP contribution in [0.1, 0.15) is 34.7 Å². The third-order valence-corrected chi connectivity index (χ3v) is 5.93. The fourth-order valence-corrected chi connectivity index (χ4v) is 4.47. The van der Waals surface area contributed by atoms with E-state index in [1.54, 1.807) is 24.3 Å². The first kappa shape index (κ1) is 20.9. The average molecular weight is 422 g/mol. The number of cyclic esters (lactones) is 1. The summed E-state index contributed by atoms with van der Waals surface area (Å²) < 4.78 is 5.18. The highest BCUT2D eigenvalue weighted by atomic mass is 16.6. The molecular weight excluding hydrogens is 396 g/mol. The zero-order valence-electron chi connectivity index (χ0n) is 18.1. The maximum Gasteiger partial charge on any atom is 0.417 e. The van der Waals surface area contributed by atoms with Crippen molar-refractivity contribution in [3.05, 3.63) is 64.2 Å². The van der Waals surface area contributed by atoms with Gasteiger partial charge in [0.05, 0.1) is 17.7 Å². The van der Waals surface area contributed by atoms with Crippen LogP contribution in [0.4, 0.5) is 4.79 Å². The van der Waals surface area contributed by atoms with Gasteiger partial charge in [-0.3, -0.25) is 4.79 Å². The van der Waals surface area contributed by atoms with Gasteiger partial charge in [-0.05, 0) is 56.0 Å². The SMILES string of the molecule is Cc1cc(C)c(C2=NO[C@@H](C(=O)N3C(=O)OC[C@@H]3Cc3ccc(O)cc3)[C@@H]2C)c(C)c1. The second-order valence-corrected chi connectivity index (χ2v) is 8.37. The van der Waals surface area contributed by atoms with Gasteiger partial charge in [-0.1, -0.05) is 41.9 Å². The predicted molar refractivity (Wildman–Crippen MR) is 115 cm³/mol. The number of carbonyl (C=O) groups excluding carboxylic acids is 2. The summed E-state index contributed by atoms with van der Waals surface area (Å²) in [5.74, 6) is -0.592. The third-order valence-electron chi connectivity index (χ3n) is 5.93. The standard InChI is InChI=1S/C24H26N2O5/c1-13-9-14(2)20(15(3)10-13)21-16(4)22(31-25-21)23(28)26-18(12-30-24(26)29)11-17-5-7-19(27)8-6-17/h5-10,16,18,22,27H,11-12H2,1-4H3/t16-,18+,22-/m1/s1. The van der Waals surface area contributed by atoms with Gasteiger partial charge in [0, 0.05) is 5.56 Å². The number of aryl methyl sites for hydroxylation is 3. The van der Waals surface area contributed by atoms with Crippen molar-refractivity contribution in [2.24, 2.45) is 11.1 Å². The summed E-state index contributed by atoms with van der Waals surface area (Å²) in [6.45, 7) is 8.09. The molecule has 162 valence electrons. The van der Waals surface area contributed by atoms with Gasteiger partial charge in [-0.25, -0.2) is 9.69 Å². The molecular formula is C24H26N2O5. The molecule has 1 N–H and O–H groups in total. The number of amides is 2. The van der Waals surface area contributed by atoms with Gasteiger partial charge in [0.2, 0.25) is 6.10 Å². The predicted octanol–water partition coefficient (Wildman–Crippen LogP) is 3.65. The Balaban J connectivity index is 1.54. The minimum atomic E-state index is -0.886. The highest BCUT2D eigenvalue weighted by Gasteiger charge is 2.46. The number of oxime groups is 1. The quantitative estimate of drug-likeness (QED) is 0.813. The fourth-order valence-electron chi connectivity index (χ4n) is 4.47. The number of carbonyl (C=O) groups is 2. The molecule has 0 radical (unpaired) electrons. The van der Waals surface area contributed by atoms with Crippen LogP contribution in [0.5, 0.6) is 5.75 Å². The van der Waals surface area contributed by atoms with Crippen molar-refractivity contribution in [1.82, 2.24) is 4.90 Å². The number of phenolic OH excluding ortho intramolecular Hbond substituents is 1. The summed E-state index contributed by atoms with van der Waals surface area (Å²) >= 11 is 0. The molecule has 7 heteroatoms. The first-order valence-corrected chi connectivity index (χ1v) is 10.4. The van der Waals surface area contributed by atoms with Gasteiger partial charge >= 0.3 is 6.09 Å². The largest absolute Gasteiger partial charge is 0.508 e. The van der Waals surface area contributed by atoms with Crippen LogP contribution in [0.25, 0.3) is 0 Å². The summed E-state index contributed by atoms with van der Waals surface area (Å²) in [6, 6.07) is 10.4. The smallest absolute Gasteiger partial charge is 0.417 e. The minimum absolute atomic E-state index is 0.121. The number of aromatic hydroxyl groups is 1. The maximum absolute atomic E-state index is 13.3. The molecule has 0 bridgehead atoms. The van der Waals surface area contributed by atoms with Crippen LogP contribution >= 0.6 is 0 Å². The Morgan fingerprint density at radius 1 is 1.16 bits per heavy atom. The molecule has 1 saturated heterocycles. The topological polar surface area (TPSA) is 88.4 Å². The van der Waals surface area contributed by atoms with Gasteiger partial charge in [0.15, 0.2) is 0 Å². The summed E-state index contributed by atoms with van der Waals surface area (Å²) in [5, 5.41) is 13.7. The Morgan fingerprint density at radius 2 is 1.81 bits per heavy atom. The van der Waals surface area contributed by atoms with Crippen molar-refractivity contribution < 1.29 is 24.3 Å². The summed E-state index contributed by atoms with van der Waals surface area (Å²) in [6.07, 6.45) is -1.12. The molecule has 2 amide bonds. The maximum atomic E-state index is 13.3. The zero-order chi connectivity index (χ0) is 22.3. The second kappa shape index (κ2) is 8.06. The number of hydrogen-bond acceptors (Lipinski definition) is 6. The van der Waals surface area contributed by atoms with Crippen LogP contribution in [-0.4, -0.2) is 46.5 Å². The van der Waals surface area contributed by atoms with Crippen LogP contribution in [0.2, 0.25) is 0 Å². The highest BCUT2D eigenvalue weighted by molar-refractivity contribution is 6.09. The van der Waals surface area contributed by atoms with Crippen LogP contribution in [0, 0.1) is 26.7 Å². The lowest BCUT2D eigenvalue weighted by atomic mass is 9.87. The monoisotopic (exact) mass is 422 g/mol. The van der Waals surface area contributed by atoms with Crippen LogP contribution < -0.4 is 0 Å². The number of rotatable bonds is 4. The molecule has 2 aromatic rings. The first-order chi connectivity index (χ1) is 14.8. The van der Waals surface area contributed by atoms with E-state index in [0.717, 1.165) is 38.4 Å². The van der Waals surface area contributed by atoms with Gasteiger partial charge < -0.3 is 14.7 Å². The number of imide groups is 1. The number of nitrogens with zero attached hydrogens (tertiary/aromatic N) is 2. The Hall–Kier alpha value is -3.35. The van der Waals surface area contributed by atoms with E-state index in [1.165, 1.54) is 0 Å². The summed E-state index contributed by atoms with van der Waals surface area (Å²) in [4.78, 5) is 32.4. The minimum Gasteiger partial charge on any atom is -0.508 e. The number of hydrogen-bond donors (Lipinski definition) is 1. The van der Waals surface area contributed by atoms with Crippen molar-refractivity contribution >= 4 is 17.7 Å². The van der Waals surface area contributed by atoms with Crippen molar-refractivity contribution in [2.45, 2.75) is 46.3 Å². The van der Waals surface area contributed by atoms with E-state index in [-0.39, 0.29) is 18.3 Å². The fraction of sp³-hybridized carbons (Fsp3) is 0.375. The first-order valence-electron chi connectivity index (χ1n) is 10.4. The molecule has 3 atom stereocenters. The van der Waals surface area contributed by atoms with Crippen molar-refractivity contribution in [3.63, 3.8) is 0 Å². The summed E-state index contributed by atoms with van der Waals surface area (Å²) in [5.41, 5.74) is 5.91. The zero-order valence-corrected chi connectivity index (χ0v) is 18.1. The van der Waals surface area contributed by atoms with Crippen molar-refractivity contribution in [1.29, 1.82) is 0 Å². The molecule has 0 saturated carbocycles. The van der Waals surface area contributed by atoms with Gasteiger partial charge in [-0.2, -0.15) is 0 Å². The van der Waals surface area contributed by atoms with E-state index in [1.807, 2.05) is 27.7 Å². The summed E-state index contributed by atoms with van der Waals surface area (Å²) in [7, 11) is 0. The second-order valence-electron chi connectivity index (χ2n) is 8.37.